The molecule has 5 nitrogen and oxygen atoms in total. The van der Waals surface area contributed by atoms with Gasteiger partial charge in [-0.1, -0.05) is 38.3 Å². The highest BCUT2D eigenvalue weighted by atomic mass is 16.5. The summed E-state index contributed by atoms with van der Waals surface area (Å²) < 4.78 is 10.7. The van der Waals surface area contributed by atoms with Crippen LogP contribution in [0.5, 0.6) is 5.75 Å². The second-order valence-corrected chi connectivity index (χ2v) is 6.44. The van der Waals surface area contributed by atoms with Crippen LogP contribution in [-0.2, 0) is 16.0 Å². The van der Waals surface area contributed by atoms with Crippen molar-refractivity contribution in [3.63, 3.8) is 0 Å². The molecule has 0 saturated carbocycles. The van der Waals surface area contributed by atoms with Crippen LogP contribution < -0.4 is 10.5 Å². The number of carbonyl (C=O) groups is 1. The molecule has 0 aliphatic carbocycles. The number of ether oxygens (including phenoxy) is 2. The second kappa shape index (κ2) is 11.9. The van der Waals surface area contributed by atoms with E-state index in [0.29, 0.717) is 12.8 Å². The monoisotopic (exact) mass is 351 g/mol. The predicted octanol–water partition coefficient (Wildman–Crippen LogP) is 3.22. The largest absolute Gasteiger partial charge is 0.494 e. The van der Waals surface area contributed by atoms with Gasteiger partial charge in [-0.3, -0.25) is 0 Å². The van der Waals surface area contributed by atoms with Gasteiger partial charge in [0, 0.05) is 0 Å². The molecule has 0 saturated heterocycles. The standard InChI is InChI=1S/C20H33NO4/c1-3-5-6-7-15-25-18-12-10-17(11-13-18)9-8-14-20(21,16-22)19(23)24-4-2/h10-13,22H,3-9,14-16,21H2,1-2H3. The summed E-state index contributed by atoms with van der Waals surface area (Å²) in [5.41, 5.74) is 5.81. The smallest absolute Gasteiger partial charge is 0.328 e. The van der Waals surface area contributed by atoms with Crippen LogP contribution in [0.15, 0.2) is 24.3 Å². The lowest BCUT2D eigenvalue weighted by molar-refractivity contribution is -0.151. The van der Waals surface area contributed by atoms with Crippen molar-refractivity contribution in [2.75, 3.05) is 19.8 Å². The molecule has 1 aromatic carbocycles. The number of rotatable bonds is 13. The third kappa shape index (κ3) is 7.88. The maximum atomic E-state index is 11.8. The van der Waals surface area contributed by atoms with Crippen molar-refractivity contribution < 1.29 is 19.4 Å². The lowest BCUT2D eigenvalue weighted by atomic mass is 9.93. The van der Waals surface area contributed by atoms with Gasteiger partial charge in [-0.15, -0.1) is 0 Å². The normalized spacial score (nSPS) is 13.3. The van der Waals surface area contributed by atoms with Gasteiger partial charge in [0.05, 0.1) is 19.8 Å². The summed E-state index contributed by atoms with van der Waals surface area (Å²) in [6, 6.07) is 8.01. The van der Waals surface area contributed by atoms with E-state index in [4.69, 9.17) is 15.2 Å². The number of unbranched alkanes of at least 4 members (excludes halogenated alkanes) is 3. The van der Waals surface area contributed by atoms with E-state index < -0.39 is 18.1 Å². The molecule has 0 radical (unpaired) electrons. The van der Waals surface area contributed by atoms with E-state index in [-0.39, 0.29) is 6.61 Å². The summed E-state index contributed by atoms with van der Waals surface area (Å²) in [4.78, 5) is 11.8. The minimum atomic E-state index is -1.31. The number of benzene rings is 1. The zero-order valence-electron chi connectivity index (χ0n) is 15.6. The van der Waals surface area contributed by atoms with E-state index in [9.17, 15) is 9.90 Å². The number of carbonyl (C=O) groups excluding carboxylic acids is 1. The molecule has 0 heterocycles. The molecule has 5 heteroatoms. The highest BCUT2D eigenvalue weighted by Gasteiger charge is 2.34. The van der Waals surface area contributed by atoms with E-state index in [1.165, 1.54) is 19.3 Å². The maximum Gasteiger partial charge on any atom is 0.328 e. The third-order valence-corrected chi connectivity index (χ3v) is 4.24. The van der Waals surface area contributed by atoms with Crippen LogP contribution in [0.25, 0.3) is 0 Å². The molecule has 0 amide bonds. The summed E-state index contributed by atoms with van der Waals surface area (Å²) in [5, 5.41) is 9.41. The molecule has 1 aromatic rings. The maximum absolute atomic E-state index is 11.8. The molecule has 1 atom stereocenters. The van der Waals surface area contributed by atoms with Gasteiger partial charge >= 0.3 is 5.97 Å². The van der Waals surface area contributed by atoms with Crippen molar-refractivity contribution in [1.82, 2.24) is 0 Å². The summed E-state index contributed by atoms with van der Waals surface area (Å²) in [5.74, 6) is 0.347. The number of aliphatic hydroxyl groups excluding tert-OH is 1. The minimum absolute atomic E-state index is 0.262. The second-order valence-electron chi connectivity index (χ2n) is 6.44. The Morgan fingerprint density at radius 1 is 1.12 bits per heavy atom. The van der Waals surface area contributed by atoms with Crippen LogP contribution >= 0.6 is 0 Å². The van der Waals surface area contributed by atoms with Crippen molar-refractivity contribution in [3.05, 3.63) is 29.8 Å². The molecule has 25 heavy (non-hydrogen) atoms. The number of hydrogen-bond acceptors (Lipinski definition) is 5. The van der Waals surface area contributed by atoms with Crippen molar-refractivity contribution in [2.45, 2.75) is 64.3 Å². The SMILES string of the molecule is CCCCCCOc1ccc(CCCC(N)(CO)C(=O)OCC)cc1. The Hall–Kier alpha value is -1.59. The van der Waals surface area contributed by atoms with Gasteiger partial charge in [-0.2, -0.15) is 0 Å². The number of aliphatic hydroxyl groups is 1. The molecule has 0 aliphatic heterocycles. The molecule has 3 N–H and O–H groups in total. The van der Waals surface area contributed by atoms with Crippen molar-refractivity contribution in [1.29, 1.82) is 0 Å². The van der Waals surface area contributed by atoms with Gasteiger partial charge in [0.1, 0.15) is 11.3 Å². The van der Waals surface area contributed by atoms with Crippen LogP contribution in [0.1, 0.15) is 57.9 Å². The molecular weight excluding hydrogens is 318 g/mol. The molecule has 1 rings (SSSR count). The molecule has 0 spiro atoms. The van der Waals surface area contributed by atoms with Gasteiger partial charge < -0.3 is 20.3 Å². The Kier molecular flexibility index (Phi) is 10.2. The Bertz CT molecular complexity index is 489. The lowest BCUT2D eigenvalue weighted by Gasteiger charge is -2.24. The van der Waals surface area contributed by atoms with Crippen LogP contribution in [0.2, 0.25) is 0 Å². The van der Waals surface area contributed by atoms with Crippen LogP contribution in [0, 0.1) is 0 Å². The van der Waals surface area contributed by atoms with Crippen molar-refractivity contribution >= 4 is 5.97 Å². The van der Waals surface area contributed by atoms with Gasteiger partial charge in [0.2, 0.25) is 0 Å². The van der Waals surface area contributed by atoms with E-state index in [1.54, 1.807) is 6.92 Å². The average molecular weight is 351 g/mol. The number of aryl methyl sites for hydroxylation is 1. The van der Waals surface area contributed by atoms with Gasteiger partial charge in [0.25, 0.3) is 0 Å². The summed E-state index contributed by atoms with van der Waals surface area (Å²) in [6.45, 7) is 4.53. The Morgan fingerprint density at radius 3 is 2.44 bits per heavy atom. The summed E-state index contributed by atoms with van der Waals surface area (Å²) in [7, 11) is 0. The van der Waals surface area contributed by atoms with Crippen molar-refractivity contribution in [2.24, 2.45) is 5.73 Å². The molecular formula is C20H33NO4. The van der Waals surface area contributed by atoms with Crippen LogP contribution in [0.3, 0.4) is 0 Å². The minimum Gasteiger partial charge on any atom is -0.494 e. The fourth-order valence-corrected chi connectivity index (χ4v) is 2.60. The fourth-order valence-electron chi connectivity index (χ4n) is 2.60. The van der Waals surface area contributed by atoms with E-state index in [1.807, 2.05) is 24.3 Å². The predicted molar refractivity (Wildman–Crippen MR) is 99.7 cm³/mol. The molecule has 0 bridgehead atoms. The Morgan fingerprint density at radius 2 is 1.84 bits per heavy atom. The summed E-state index contributed by atoms with van der Waals surface area (Å²) in [6.07, 6.45) is 6.65. The van der Waals surface area contributed by atoms with Gasteiger partial charge in [-0.05, 0) is 50.3 Å². The number of hydrogen-bond donors (Lipinski definition) is 2. The molecule has 0 aromatic heterocycles. The third-order valence-electron chi connectivity index (χ3n) is 4.24. The fraction of sp³-hybridized carbons (Fsp3) is 0.650. The lowest BCUT2D eigenvalue weighted by Crippen LogP contribution is -2.52. The van der Waals surface area contributed by atoms with Crippen LogP contribution in [-0.4, -0.2) is 36.4 Å². The van der Waals surface area contributed by atoms with Gasteiger partial charge in [0.15, 0.2) is 0 Å². The Balaban J connectivity index is 2.36. The Labute approximate surface area is 151 Å². The van der Waals surface area contributed by atoms with E-state index in [2.05, 4.69) is 6.92 Å². The molecule has 0 fully saturated rings. The first-order valence-electron chi connectivity index (χ1n) is 9.34. The first kappa shape index (κ1) is 21.5. The van der Waals surface area contributed by atoms with E-state index in [0.717, 1.165) is 30.8 Å². The van der Waals surface area contributed by atoms with E-state index >= 15 is 0 Å². The van der Waals surface area contributed by atoms with Gasteiger partial charge in [-0.25, -0.2) is 4.79 Å². The number of esters is 1. The summed E-state index contributed by atoms with van der Waals surface area (Å²) >= 11 is 0. The highest BCUT2D eigenvalue weighted by molar-refractivity contribution is 5.80. The topological polar surface area (TPSA) is 81.8 Å². The van der Waals surface area contributed by atoms with Crippen molar-refractivity contribution in [3.8, 4) is 5.75 Å². The first-order chi connectivity index (χ1) is 12.1. The van der Waals surface area contributed by atoms with Crippen LogP contribution in [0.4, 0.5) is 0 Å². The average Bonchev–Trinajstić information content (AvgIpc) is 2.62. The zero-order chi connectivity index (χ0) is 18.5. The highest BCUT2D eigenvalue weighted by Crippen LogP contribution is 2.17. The molecule has 1 unspecified atom stereocenters. The quantitative estimate of drug-likeness (QED) is 0.421. The molecule has 142 valence electrons. The number of nitrogens with two attached hydrogens (primary N) is 1. The zero-order valence-corrected chi connectivity index (χ0v) is 15.6. The first-order valence-corrected chi connectivity index (χ1v) is 9.34. The molecule has 0 aliphatic rings.